The number of hydrogen-bond acceptors (Lipinski definition) is 3. The Labute approximate surface area is 76.6 Å². The van der Waals surface area contributed by atoms with Crippen molar-refractivity contribution in [1.29, 1.82) is 5.26 Å². The van der Waals surface area contributed by atoms with Gasteiger partial charge < -0.3 is 10.4 Å². The van der Waals surface area contributed by atoms with Crippen molar-refractivity contribution in [1.82, 2.24) is 5.32 Å². The van der Waals surface area contributed by atoms with E-state index < -0.39 is 0 Å². The van der Waals surface area contributed by atoms with Gasteiger partial charge in [0, 0.05) is 6.54 Å². The molecule has 3 heteroatoms. The van der Waals surface area contributed by atoms with Gasteiger partial charge in [-0.2, -0.15) is 5.26 Å². The fourth-order valence-electron chi connectivity index (χ4n) is 1.67. The van der Waals surface area contributed by atoms with Gasteiger partial charge in [-0.25, -0.2) is 0 Å². The van der Waals surface area contributed by atoms with Crippen molar-refractivity contribution in [2.75, 3.05) is 6.61 Å². The third-order valence-corrected chi connectivity index (χ3v) is 2.37. The van der Waals surface area contributed by atoms with Crippen molar-refractivity contribution in [2.24, 2.45) is 0 Å². The summed E-state index contributed by atoms with van der Waals surface area (Å²) in [5.41, 5.74) is 2.92. The smallest absolute Gasteiger partial charge is 0.0991 e. The molecule has 1 aliphatic rings. The predicted molar refractivity (Wildman–Crippen MR) is 47.8 cm³/mol. The zero-order valence-corrected chi connectivity index (χ0v) is 7.12. The van der Waals surface area contributed by atoms with Crippen molar-refractivity contribution >= 4 is 0 Å². The van der Waals surface area contributed by atoms with Crippen LogP contribution >= 0.6 is 0 Å². The summed E-state index contributed by atoms with van der Waals surface area (Å²) in [6.07, 6.45) is 0. The first-order valence-corrected chi connectivity index (χ1v) is 4.22. The summed E-state index contributed by atoms with van der Waals surface area (Å²) in [4.78, 5) is 0. The molecule has 0 fully saturated rings. The number of hydrogen-bond donors (Lipinski definition) is 2. The average Bonchev–Trinajstić information content (AvgIpc) is 2.59. The van der Waals surface area contributed by atoms with Gasteiger partial charge in [0.15, 0.2) is 0 Å². The molecule has 0 amide bonds. The quantitative estimate of drug-likeness (QED) is 0.658. The molecule has 1 aromatic carbocycles. The highest BCUT2D eigenvalue weighted by atomic mass is 16.3. The number of aliphatic hydroxyl groups is 1. The molecular formula is C10H10N2O. The molecule has 0 unspecified atom stereocenters. The minimum atomic E-state index is 0.0442. The fraction of sp³-hybridized carbons (Fsp3) is 0.300. The summed E-state index contributed by atoms with van der Waals surface area (Å²) < 4.78 is 0. The normalized spacial score (nSPS) is 19.5. The molecule has 0 saturated heterocycles. The van der Waals surface area contributed by atoms with Gasteiger partial charge in [0.05, 0.1) is 24.3 Å². The third kappa shape index (κ3) is 1.31. The number of nitrogens with zero attached hydrogens (tertiary/aromatic N) is 1. The zero-order chi connectivity index (χ0) is 9.26. The van der Waals surface area contributed by atoms with Gasteiger partial charge in [-0.05, 0) is 23.3 Å². The van der Waals surface area contributed by atoms with Crippen LogP contribution in [0.15, 0.2) is 18.2 Å². The standard InChI is InChI=1S/C10H10N2O/c11-4-7-1-2-9-8(3-7)5-12-10(9)6-13/h1-3,10,12-13H,5-6H2/t10-/m0/s1. The molecule has 2 N–H and O–H groups in total. The highest BCUT2D eigenvalue weighted by Gasteiger charge is 2.20. The largest absolute Gasteiger partial charge is 0.394 e. The summed E-state index contributed by atoms with van der Waals surface area (Å²) >= 11 is 0. The summed E-state index contributed by atoms with van der Waals surface area (Å²) in [7, 11) is 0. The molecule has 0 bridgehead atoms. The Morgan fingerprint density at radius 1 is 1.62 bits per heavy atom. The van der Waals surface area contributed by atoms with E-state index in [0.29, 0.717) is 5.56 Å². The number of nitrogens with one attached hydrogen (secondary N) is 1. The first-order chi connectivity index (χ1) is 6.35. The number of benzene rings is 1. The Morgan fingerprint density at radius 2 is 2.46 bits per heavy atom. The van der Waals surface area contributed by atoms with E-state index in [1.807, 2.05) is 12.1 Å². The Bertz CT molecular complexity index is 368. The van der Waals surface area contributed by atoms with Crippen LogP contribution in [0.3, 0.4) is 0 Å². The van der Waals surface area contributed by atoms with E-state index in [2.05, 4.69) is 11.4 Å². The van der Waals surface area contributed by atoms with Gasteiger partial charge in [-0.15, -0.1) is 0 Å². The minimum absolute atomic E-state index is 0.0442. The van der Waals surface area contributed by atoms with Crippen molar-refractivity contribution in [3.05, 3.63) is 34.9 Å². The van der Waals surface area contributed by atoms with Crippen LogP contribution in [0.2, 0.25) is 0 Å². The van der Waals surface area contributed by atoms with E-state index in [0.717, 1.165) is 17.7 Å². The molecule has 66 valence electrons. The lowest BCUT2D eigenvalue weighted by atomic mass is 10.0. The number of fused-ring (bicyclic) bond motifs is 1. The summed E-state index contributed by atoms with van der Waals surface area (Å²) in [5, 5.41) is 20.8. The summed E-state index contributed by atoms with van der Waals surface area (Å²) in [6.45, 7) is 0.856. The van der Waals surface area contributed by atoms with Gasteiger partial charge >= 0.3 is 0 Å². The molecule has 0 aromatic heterocycles. The number of aliphatic hydroxyl groups excluding tert-OH is 1. The molecule has 2 rings (SSSR count). The number of nitriles is 1. The average molecular weight is 174 g/mol. The van der Waals surface area contributed by atoms with Gasteiger partial charge in [-0.1, -0.05) is 6.07 Å². The Morgan fingerprint density at radius 3 is 3.15 bits per heavy atom. The molecule has 1 atom stereocenters. The second-order valence-electron chi connectivity index (χ2n) is 3.14. The van der Waals surface area contributed by atoms with Crippen LogP contribution in [0, 0.1) is 11.3 Å². The molecule has 0 aliphatic carbocycles. The molecule has 0 saturated carbocycles. The lowest BCUT2D eigenvalue weighted by Gasteiger charge is -2.06. The maximum atomic E-state index is 9.01. The van der Waals surface area contributed by atoms with Crippen LogP contribution in [0.5, 0.6) is 0 Å². The minimum Gasteiger partial charge on any atom is -0.394 e. The van der Waals surface area contributed by atoms with Gasteiger partial charge in [0.25, 0.3) is 0 Å². The lowest BCUT2D eigenvalue weighted by Crippen LogP contribution is -2.15. The fourth-order valence-corrected chi connectivity index (χ4v) is 1.67. The van der Waals surface area contributed by atoms with E-state index in [4.69, 9.17) is 10.4 Å². The molecule has 3 nitrogen and oxygen atoms in total. The third-order valence-electron chi connectivity index (χ3n) is 2.37. The van der Waals surface area contributed by atoms with E-state index >= 15 is 0 Å². The van der Waals surface area contributed by atoms with Crippen molar-refractivity contribution in [3.63, 3.8) is 0 Å². The molecular weight excluding hydrogens is 164 g/mol. The van der Waals surface area contributed by atoms with Crippen LogP contribution in [0.25, 0.3) is 0 Å². The molecule has 1 aliphatic heterocycles. The van der Waals surface area contributed by atoms with E-state index in [1.165, 1.54) is 0 Å². The Balaban J connectivity index is 2.41. The molecule has 13 heavy (non-hydrogen) atoms. The van der Waals surface area contributed by atoms with Crippen molar-refractivity contribution in [3.8, 4) is 6.07 Å². The first-order valence-electron chi connectivity index (χ1n) is 4.22. The zero-order valence-electron chi connectivity index (χ0n) is 7.12. The second-order valence-corrected chi connectivity index (χ2v) is 3.14. The topological polar surface area (TPSA) is 56.0 Å². The molecule has 0 spiro atoms. The Hall–Kier alpha value is -1.37. The molecule has 0 radical (unpaired) electrons. The van der Waals surface area contributed by atoms with Crippen LogP contribution in [0.4, 0.5) is 0 Å². The SMILES string of the molecule is N#Cc1ccc2c(c1)CN[C@H]2CO. The highest BCUT2D eigenvalue weighted by molar-refractivity contribution is 5.41. The maximum Gasteiger partial charge on any atom is 0.0991 e. The van der Waals surface area contributed by atoms with Crippen molar-refractivity contribution < 1.29 is 5.11 Å². The molecule has 1 heterocycles. The maximum absolute atomic E-state index is 9.01. The Kier molecular flexibility index (Phi) is 2.01. The second kappa shape index (κ2) is 3.17. The van der Waals surface area contributed by atoms with E-state index in [-0.39, 0.29) is 12.6 Å². The lowest BCUT2D eigenvalue weighted by molar-refractivity contribution is 0.251. The van der Waals surface area contributed by atoms with Gasteiger partial charge in [0.1, 0.15) is 0 Å². The molecule has 1 aromatic rings. The highest BCUT2D eigenvalue weighted by Crippen LogP contribution is 2.25. The van der Waals surface area contributed by atoms with Gasteiger partial charge in [0.2, 0.25) is 0 Å². The summed E-state index contributed by atoms with van der Waals surface area (Å²) in [6, 6.07) is 7.71. The monoisotopic (exact) mass is 174 g/mol. The van der Waals surface area contributed by atoms with Crippen LogP contribution < -0.4 is 5.32 Å². The predicted octanol–water partition coefficient (Wildman–Crippen LogP) is 0.695. The van der Waals surface area contributed by atoms with E-state index in [9.17, 15) is 0 Å². The van der Waals surface area contributed by atoms with Crippen molar-refractivity contribution in [2.45, 2.75) is 12.6 Å². The summed E-state index contributed by atoms with van der Waals surface area (Å²) in [5.74, 6) is 0. The van der Waals surface area contributed by atoms with E-state index in [1.54, 1.807) is 6.07 Å². The van der Waals surface area contributed by atoms with Gasteiger partial charge in [-0.3, -0.25) is 0 Å². The van der Waals surface area contributed by atoms with Crippen LogP contribution in [-0.4, -0.2) is 11.7 Å². The van der Waals surface area contributed by atoms with Crippen LogP contribution in [-0.2, 0) is 6.54 Å². The van der Waals surface area contributed by atoms with Crippen LogP contribution in [0.1, 0.15) is 22.7 Å². The first kappa shape index (κ1) is 8.24. The number of rotatable bonds is 1.